The predicted octanol–water partition coefficient (Wildman–Crippen LogP) is 4.33. The second-order valence-corrected chi connectivity index (χ2v) is 11.5. The van der Waals surface area contributed by atoms with Crippen LogP contribution in [-0.2, 0) is 0 Å². The monoisotopic (exact) mass is 348 g/mol. The quantitative estimate of drug-likeness (QED) is 0.711. The Balaban J connectivity index is 2.23. The number of rotatable bonds is 4. The van der Waals surface area contributed by atoms with E-state index in [-0.39, 0.29) is 10.8 Å². The van der Waals surface area contributed by atoms with Crippen LogP contribution in [0.4, 0.5) is 0 Å². The first-order valence-corrected chi connectivity index (χ1v) is 10.4. The fourth-order valence-corrected chi connectivity index (χ4v) is 7.76. The number of hydrogen-bond donors (Lipinski definition) is 1. The molecule has 0 aromatic heterocycles. The van der Waals surface area contributed by atoms with E-state index in [1.54, 1.807) is 12.1 Å². The number of benzene rings is 3. The normalized spacial score (nSPS) is 12.0. The van der Waals surface area contributed by atoms with Gasteiger partial charge in [0.1, 0.15) is 11.5 Å². The Bertz CT molecular complexity index is 767. The molecule has 0 amide bonds. The molecule has 3 aromatic rings. The summed E-state index contributed by atoms with van der Waals surface area (Å²) in [6.07, 6.45) is 0. The average molecular weight is 349 g/mol. The van der Waals surface area contributed by atoms with Gasteiger partial charge in [-0.25, -0.2) is 0 Å². The largest absolute Gasteiger partial charge is 0.534 e. The molecule has 3 rings (SSSR count). The van der Waals surface area contributed by atoms with Gasteiger partial charge in [-0.1, -0.05) is 81.4 Å². The smallest absolute Gasteiger partial charge is 0.319 e. The molecule has 0 aliphatic carbocycles. The minimum Gasteiger partial charge on any atom is -0.534 e. The maximum atomic E-state index is 9.60. The van der Waals surface area contributed by atoms with E-state index in [1.165, 1.54) is 10.4 Å². The van der Waals surface area contributed by atoms with E-state index in [4.69, 9.17) is 4.43 Å². The third kappa shape index (κ3) is 3.33. The molecule has 0 bridgehead atoms. The Morgan fingerprint density at radius 2 is 1.12 bits per heavy atom. The summed E-state index contributed by atoms with van der Waals surface area (Å²) in [5, 5.41) is 12.0. The number of phenolic OH excluding ortho intramolecular Hbond substituents is 1. The third-order valence-corrected chi connectivity index (χ3v) is 9.47. The Labute approximate surface area is 150 Å². The summed E-state index contributed by atoms with van der Waals surface area (Å²) in [5.74, 6) is 1.03. The van der Waals surface area contributed by atoms with Crippen LogP contribution >= 0.6 is 0 Å². The zero-order valence-corrected chi connectivity index (χ0v) is 15.9. The van der Waals surface area contributed by atoms with Crippen LogP contribution in [0.1, 0.15) is 20.8 Å². The maximum absolute atomic E-state index is 9.60. The lowest BCUT2D eigenvalue weighted by Crippen LogP contribution is -2.68. The first-order valence-electron chi connectivity index (χ1n) is 8.52. The summed E-state index contributed by atoms with van der Waals surface area (Å²) >= 11 is 0. The lowest BCUT2D eigenvalue weighted by atomic mass is 10.2. The zero-order valence-electron chi connectivity index (χ0n) is 14.9. The minimum atomic E-state index is -2.59. The summed E-state index contributed by atoms with van der Waals surface area (Å²) in [7, 11) is -2.59. The molecule has 0 fully saturated rings. The number of aromatic hydroxyl groups is 1. The van der Waals surface area contributed by atoms with Gasteiger partial charge in [0.2, 0.25) is 0 Å². The van der Waals surface area contributed by atoms with E-state index in [1.807, 2.05) is 24.3 Å². The maximum Gasteiger partial charge on any atom is 0.319 e. The number of hydrogen-bond acceptors (Lipinski definition) is 2. The summed E-state index contributed by atoms with van der Waals surface area (Å²) in [6.45, 7) is 6.75. The molecule has 2 nitrogen and oxygen atoms in total. The van der Waals surface area contributed by atoms with Crippen LogP contribution in [0.5, 0.6) is 11.5 Å². The standard InChI is InChI=1S/C22H24O2Si/c1-22(2,3)25(20-10-6-4-7-11-20,21-12-8-5-9-13-21)24-19-16-14-18(23)15-17-19/h4-17,23H,1-3H3. The zero-order chi connectivity index (χ0) is 17.9. The summed E-state index contributed by atoms with van der Waals surface area (Å²) < 4.78 is 6.82. The molecule has 128 valence electrons. The molecule has 0 aliphatic rings. The van der Waals surface area contributed by atoms with Gasteiger partial charge >= 0.3 is 8.32 Å². The highest BCUT2D eigenvalue weighted by Gasteiger charge is 2.52. The van der Waals surface area contributed by atoms with Gasteiger partial charge in [-0.15, -0.1) is 0 Å². The fraction of sp³-hybridized carbons (Fsp3) is 0.182. The van der Waals surface area contributed by atoms with Gasteiger partial charge in [-0.05, 0) is 39.7 Å². The molecule has 0 atom stereocenters. The highest BCUT2D eigenvalue weighted by molar-refractivity contribution is 7.00. The van der Waals surface area contributed by atoms with Gasteiger partial charge in [-0.2, -0.15) is 0 Å². The van der Waals surface area contributed by atoms with Crippen molar-refractivity contribution in [2.24, 2.45) is 0 Å². The molecule has 3 heteroatoms. The van der Waals surface area contributed by atoms with Crippen molar-refractivity contribution >= 4 is 18.7 Å². The van der Waals surface area contributed by atoms with Crippen molar-refractivity contribution in [1.82, 2.24) is 0 Å². The molecule has 0 heterocycles. The molecule has 25 heavy (non-hydrogen) atoms. The predicted molar refractivity (Wildman–Crippen MR) is 106 cm³/mol. The van der Waals surface area contributed by atoms with Gasteiger partial charge in [0, 0.05) is 0 Å². The third-order valence-electron chi connectivity index (χ3n) is 4.52. The lowest BCUT2D eigenvalue weighted by molar-refractivity contribution is 0.471. The molecule has 0 spiro atoms. The highest BCUT2D eigenvalue weighted by atomic mass is 28.4. The van der Waals surface area contributed by atoms with Crippen molar-refractivity contribution in [2.45, 2.75) is 25.8 Å². The first-order chi connectivity index (χ1) is 11.9. The Hall–Kier alpha value is -2.52. The van der Waals surface area contributed by atoms with Crippen LogP contribution in [0.15, 0.2) is 84.9 Å². The lowest BCUT2D eigenvalue weighted by Gasteiger charge is -2.43. The van der Waals surface area contributed by atoms with Crippen LogP contribution < -0.4 is 14.8 Å². The van der Waals surface area contributed by atoms with Crippen LogP contribution in [0.25, 0.3) is 0 Å². The molecule has 0 saturated heterocycles. The van der Waals surface area contributed by atoms with E-state index in [0.29, 0.717) is 0 Å². The molecule has 0 radical (unpaired) electrons. The van der Waals surface area contributed by atoms with Crippen molar-refractivity contribution < 1.29 is 9.53 Å². The Morgan fingerprint density at radius 3 is 1.52 bits per heavy atom. The van der Waals surface area contributed by atoms with Crippen molar-refractivity contribution in [3.05, 3.63) is 84.9 Å². The van der Waals surface area contributed by atoms with Crippen molar-refractivity contribution in [3.63, 3.8) is 0 Å². The first kappa shape index (κ1) is 17.3. The van der Waals surface area contributed by atoms with Crippen LogP contribution in [0.3, 0.4) is 0 Å². The molecular weight excluding hydrogens is 324 g/mol. The molecular formula is C22H24O2Si. The second-order valence-electron chi connectivity index (χ2n) is 7.26. The van der Waals surface area contributed by atoms with Crippen LogP contribution in [-0.4, -0.2) is 13.4 Å². The van der Waals surface area contributed by atoms with Crippen molar-refractivity contribution in [3.8, 4) is 11.5 Å². The topological polar surface area (TPSA) is 29.5 Å². The van der Waals surface area contributed by atoms with Gasteiger partial charge in [0.25, 0.3) is 0 Å². The van der Waals surface area contributed by atoms with E-state index >= 15 is 0 Å². The SMILES string of the molecule is CC(C)(C)[Si](Oc1ccc(O)cc1)(c1ccccc1)c1ccccc1. The van der Waals surface area contributed by atoms with Gasteiger partial charge < -0.3 is 9.53 Å². The highest BCUT2D eigenvalue weighted by Crippen LogP contribution is 2.37. The molecule has 1 N–H and O–H groups in total. The van der Waals surface area contributed by atoms with Crippen LogP contribution in [0.2, 0.25) is 5.04 Å². The fourth-order valence-electron chi connectivity index (χ4n) is 3.34. The van der Waals surface area contributed by atoms with Crippen molar-refractivity contribution in [1.29, 1.82) is 0 Å². The van der Waals surface area contributed by atoms with E-state index in [2.05, 4.69) is 69.3 Å². The summed E-state index contributed by atoms with van der Waals surface area (Å²) in [6, 6.07) is 28.1. The molecule has 0 saturated carbocycles. The molecule has 3 aromatic carbocycles. The van der Waals surface area contributed by atoms with Crippen molar-refractivity contribution in [2.75, 3.05) is 0 Å². The Kier molecular flexibility index (Phi) is 4.68. The number of phenols is 1. The molecule has 0 unspecified atom stereocenters. The summed E-state index contributed by atoms with van der Waals surface area (Å²) in [5.41, 5.74) is 0. The van der Waals surface area contributed by atoms with E-state index < -0.39 is 8.32 Å². The molecule has 0 aliphatic heterocycles. The van der Waals surface area contributed by atoms with E-state index in [0.717, 1.165) is 5.75 Å². The van der Waals surface area contributed by atoms with Gasteiger partial charge in [0.05, 0.1) is 0 Å². The van der Waals surface area contributed by atoms with Crippen LogP contribution in [0, 0.1) is 0 Å². The minimum absolute atomic E-state index is 0.0758. The average Bonchev–Trinajstić information content (AvgIpc) is 2.62. The second kappa shape index (κ2) is 6.77. The van der Waals surface area contributed by atoms with Gasteiger partial charge in [-0.3, -0.25) is 0 Å². The summed E-state index contributed by atoms with van der Waals surface area (Å²) in [4.78, 5) is 0. The van der Waals surface area contributed by atoms with Gasteiger partial charge in [0.15, 0.2) is 0 Å². The Morgan fingerprint density at radius 1 is 0.680 bits per heavy atom. The van der Waals surface area contributed by atoms with E-state index in [9.17, 15) is 5.11 Å².